The van der Waals surface area contributed by atoms with Crippen molar-refractivity contribution in [3.8, 4) is 5.75 Å². The van der Waals surface area contributed by atoms with Gasteiger partial charge in [-0.05, 0) is 37.3 Å². The molecule has 0 aliphatic rings. The predicted octanol–water partition coefficient (Wildman–Crippen LogP) is 5.00. The minimum atomic E-state index is -0.269. The summed E-state index contributed by atoms with van der Waals surface area (Å²) in [6.45, 7) is 1.71. The molecule has 1 amide bonds. The second kappa shape index (κ2) is 7.16. The zero-order chi connectivity index (χ0) is 17.1. The lowest BCUT2D eigenvalue weighted by Gasteiger charge is -2.12. The van der Waals surface area contributed by atoms with Crippen molar-refractivity contribution in [2.24, 2.45) is 0 Å². The molecule has 0 saturated carbocycles. The lowest BCUT2D eigenvalue weighted by Crippen LogP contribution is -2.31. The van der Waals surface area contributed by atoms with Gasteiger partial charge >= 0.3 is 0 Å². The Morgan fingerprint density at radius 2 is 2.00 bits per heavy atom. The van der Waals surface area contributed by atoms with Crippen LogP contribution in [0.2, 0.25) is 10.0 Å². The number of hydrogen-bond acceptors (Lipinski definition) is 3. The topological polar surface area (TPSA) is 51.5 Å². The smallest absolute Gasteiger partial charge is 0.258 e. The lowest BCUT2D eigenvalue weighted by atomic mass is 10.2. The Hall–Kier alpha value is -2.17. The SMILES string of the molecule is CC(NC(=O)COc1ccc(Cl)cc1Cl)c1cc2ccccc2o1. The second-order valence-electron chi connectivity index (χ2n) is 5.34. The van der Waals surface area contributed by atoms with Crippen molar-refractivity contribution in [2.45, 2.75) is 13.0 Å². The maximum absolute atomic E-state index is 12.0. The van der Waals surface area contributed by atoms with Gasteiger partial charge in [-0.15, -0.1) is 0 Å². The van der Waals surface area contributed by atoms with Crippen LogP contribution in [0.15, 0.2) is 52.9 Å². The van der Waals surface area contributed by atoms with E-state index < -0.39 is 0 Å². The summed E-state index contributed by atoms with van der Waals surface area (Å²) < 4.78 is 11.2. The summed E-state index contributed by atoms with van der Waals surface area (Å²) >= 11 is 11.8. The van der Waals surface area contributed by atoms with Gasteiger partial charge in [0.1, 0.15) is 17.1 Å². The van der Waals surface area contributed by atoms with Crippen molar-refractivity contribution in [1.82, 2.24) is 5.32 Å². The first-order valence-electron chi connectivity index (χ1n) is 7.38. The van der Waals surface area contributed by atoms with Gasteiger partial charge in [-0.25, -0.2) is 0 Å². The van der Waals surface area contributed by atoms with Gasteiger partial charge < -0.3 is 14.5 Å². The predicted molar refractivity (Wildman–Crippen MR) is 94.7 cm³/mol. The van der Waals surface area contributed by atoms with E-state index >= 15 is 0 Å². The zero-order valence-corrected chi connectivity index (χ0v) is 14.4. The highest BCUT2D eigenvalue weighted by Crippen LogP contribution is 2.27. The number of fused-ring (bicyclic) bond motifs is 1. The summed E-state index contributed by atoms with van der Waals surface area (Å²) in [6.07, 6.45) is 0. The number of para-hydroxylation sites is 1. The normalized spacial score (nSPS) is 12.1. The third-order valence-corrected chi connectivity index (χ3v) is 4.03. The summed E-state index contributed by atoms with van der Waals surface area (Å²) in [6, 6.07) is 14.2. The fourth-order valence-corrected chi connectivity index (χ4v) is 2.77. The average molecular weight is 364 g/mol. The third kappa shape index (κ3) is 3.83. The maximum atomic E-state index is 12.0. The third-order valence-electron chi connectivity index (χ3n) is 3.50. The molecule has 1 N–H and O–H groups in total. The minimum Gasteiger partial charge on any atom is -0.482 e. The Morgan fingerprint density at radius 1 is 1.21 bits per heavy atom. The highest BCUT2D eigenvalue weighted by atomic mass is 35.5. The van der Waals surface area contributed by atoms with Crippen LogP contribution in [0.5, 0.6) is 5.75 Å². The molecule has 1 atom stereocenters. The molecule has 0 spiro atoms. The van der Waals surface area contributed by atoms with E-state index in [1.807, 2.05) is 37.3 Å². The molecule has 3 aromatic rings. The molecule has 24 heavy (non-hydrogen) atoms. The lowest BCUT2D eigenvalue weighted by molar-refractivity contribution is -0.123. The molecule has 0 saturated heterocycles. The van der Waals surface area contributed by atoms with Gasteiger partial charge in [-0.1, -0.05) is 41.4 Å². The Kier molecular flexibility index (Phi) is 4.97. The second-order valence-corrected chi connectivity index (χ2v) is 6.18. The molecule has 4 nitrogen and oxygen atoms in total. The Bertz CT molecular complexity index is 843. The molecule has 1 heterocycles. The fourth-order valence-electron chi connectivity index (χ4n) is 2.31. The number of carbonyl (C=O) groups is 1. The van der Waals surface area contributed by atoms with Crippen LogP contribution in [0, 0.1) is 0 Å². The van der Waals surface area contributed by atoms with Gasteiger partial charge in [-0.2, -0.15) is 0 Å². The minimum absolute atomic E-state index is 0.147. The molecule has 1 unspecified atom stereocenters. The average Bonchev–Trinajstić information content (AvgIpc) is 2.98. The molecule has 1 aromatic heterocycles. The summed E-state index contributed by atoms with van der Waals surface area (Å²) in [4.78, 5) is 12.0. The molecular formula is C18H15Cl2NO3. The van der Waals surface area contributed by atoms with Crippen LogP contribution in [-0.2, 0) is 4.79 Å². The number of halogens is 2. The largest absolute Gasteiger partial charge is 0.482 e. The number of amides is 1. The molecule has 124 valence electrons. The van der Waals surface area contributed by atoms with Crippen molar-refractivity contribution in [3.63, 3.8) is 0 Å². The number of carbonyl (C=O) groups excluding carboxylic acids is 1. The fraction of sp³-hybridized carbons (Fsp3) is 0.167. The van der Waals surface area contributed by atoms with E-state index in [1.54, 1.807) is 18.2 Å². The monoisotopic (exact) mass is 363 g/mol. The number of benzene rings is 2. The Balaban J connectivity index is 1.59. The zero-order valence-electron chi connectivity index (χ0n) is 12.9. The van der Waals surface area contributed by atoms with Crippen LogP contribution in [0.4, 0.5) is 0 Å². The Morgan fingerprint density at radius 3 is 2.75 bits per heavy atom. The van der Waals surface area contributed by atoms with Crippen LogP contribution in [0.25, 0.3) is 11.0 Å². The van der Waals surface area contributed by atoms with Crippen LogP contribution in [0.1, 0.15) is 18.7 Å². The highest BCUT2D eigenvalue weighted by molar-refractivity contribution is 6.35. The van der Waals surface area contributed by atoms with Crippen molar-refractivity contribution in [3.05, 3.63) is 64.3 Å². The summed E-state index contributed by atoms with van der Waals surface area (Å²) in [7, 11) is 0. The molecular weight excluding hydrogens is 349 g/mol. The molecule has 0 bridgehead atoms. The van der Waals surface area contributed by atoms with E-state index in [2.05, 4.69) is 5.32 Å². The van der Waals surface area contributed by atoms with Crippen molar-refractivity contribution in [1.29, 1.82) is 0 Å². The van der Waals surface area contributed by atoms with Gasteiger partial charge in [0.2, 0.25) is 0 Å². The first-order chi connectivity index (χ1) is 11.5. The number of nitrogens with one attached hydrogen (secondary N) is 1. The first kappa shape index (κ1) is 16.7. The molecule has 0 radical (unpaired) electrons. The highest BCUT2D eigenvalue weighted by Gasteiger charge is 2.15. The van der Waals surface area contributed by atoms with E-state index in [-0.39, 0.29) is 18.6 Å². The number of ether oxygens (including phenoxy) is 1. The van der Waals surface area contributed by atoms with E-state index in [1.165, 1.54) is 0 Å². The van der Waals surface area contributed by atoms with Gasteiger partial charge in [0.25, 0.3) is 5.91 Å². The quantitative estimate of drug-likeness (QED) is 0.694. The van der Waals surface area contributed by atoms with Crippen molar-refractivity contribution in [2.75, 3.05) is 6.61 Å². The van der Waals surface area contributed by atoms with E-state index in [0.29, 0.717) is 21.6 Å². The molecule has 0 aliphatic heterocycles. The van der Waals surface area contributed by atoms with E-state index in [0.717, 1.165) is 11.0 Å². The summed E-state index contributed by atoms with van der Waals surface area (Å²) in [5.41, 5.74) is 0.790. The van der Waals surface area contributed by atoms with Gasteiger partial charge in [-0.3, -0.25) is 4.79 Å². The van der Waals surface area contributed by atoms with Gasteiger partial charge in [0.05, 0.1) is 11.1 Å². The summed E-state index contributed by atoms with van der Waals surface area (Å²) in [5, 5.41) is 4.70. The van der Waals surface area contributed by atoms with Gasteiger partial charge in [0, 0.05) is 10.4 Å². The van der Waals surface area contributed by atoms with Gasteiger partial charge in [0.15, 0.2) is 6.61 Å². The van der Waals surface area contributed by atoms with Crippen LogP contribution in [-0.4, -0.2) is 12.5 Å². The molecule has 0 fully saturated rings. The maximum Gasteiger partial charge on any atom is 0.258 e. The molecule has 6 heteroatoms. The van der Waals surface area contributed by atoms with Crippen molar-refractivity contribution < 1.29 is 13.9 Å². The standard InChI is InChI=1S/C18H15Cl2NO3/c1-11(17-8-12-4-2-3-5-15(12)24-17)21-18(22)10-23-16-7-6-13(19)9-14(16)20/h2-9,11H,10H2,1H3,(H,21,22). The molecule has 0 aliphatic carbocycles. The molecule has 2 aromatic carbocycles. The number of furan rings is 1. The van der Waals surface area contributed by atoms with Crippen LogP contribution >= 0.6 is 23.2 Å². The molecule has 3 rings (SSSR count). The van der Waals surface area contributed by atoms with E-state index in [9.17, 15) is 4.79 Å². The van der Waals surface area contributed by atoms with Crippen LogP contribution in [0.3, 0.4) is 0 Å². The number of hydrogen-bond donors (Lipinski definition) is 1. The Labute approximate surface area is 149 Å². The van der Waals surface area contributed by atoms with Crippen molar-refractivity contribution >= 4 is 40.1 Å². The summed E-state index contributed by atoms with van der Waals surface area (Å²) in [5.74, 6) is 0.829. The first-order valence-corrected chi connectivity index (χ1v) is 8.14. The van der Waals surface area contributed by atoms with Crippen LogP contribution < -0.4 is 10.1 Å². The van der Waals surface area contributed by atoms with E-state index in [4.69, 9.17) is 32.4 Å². The number of rotatable bonds is 5.